The molecule has 0 atom stereocenters. The van der Waals surface area contributed by atoms with E-state index in [-0.39, 0.29) is 17.5 Å². The minimum atomic E-state index is -0.522. The predicted octanol–water partition coefficient (Wildman–Crippen LogP) is 4.10. The van der Waals surface area contributed by atoms with Crippen molar-refractivity contribution in [2.45, 2.75) is 39.2 Å². The maximum absolute atomic E-state index is 13.8. The van der Waals surface area contributed by atoms with Crippen LogP contribution in [0.2, 0.25) is 0 Å². The lowest BCUT2D eigenvalue weighted by molar-refractivity contribution is 0.0698. The summed E-state index contributed by atoms with van der Waals surface area (Å²) in [5.41, 5.74) is 1.87. The van der Waals surface area contributed by atoms with Gasteiger partial charge in [0, 0.05) is 43.5 Å². The van der Waals surface area contributed by atoms with Gasteiger partial charge in [0.05, 0.1) is 5.56 Å². The summed E-state index contributed by atoms with van der Waals surface area (Å²) in [6.07, 6.45) is 2.39. The van der Waals surface area contributed by atoms with Crippen molar-refractivity contribution >= 4 is 17.5 Å². The van der Waals surface area contributed by atoms with Crippen molar-refractivity contribution in [2.75, 3.05) is 31.1 Å². The summed E-state index contributed by atoms with van der Waals surface area (Å²) in [6.45, 7) is 7.36. The molecule has 1 fully saturated rings. The van der Waals surface area contributed by atoms with Crippen molar-refractivity contribution in [1.82, 2.24) is 10.2 Å². The lowest BCUT2D eigenvalue weighted by atomic mass is 10.0. The van der Waals surface area contributed by atoms with E-state index < -0.39 is 11.7 Å². The Kier molecular flexibility index (Phi) is 7.44. The second kappa shape index (κ2) is 10.2. The van der Waals surface area contributed by atoms with Gasteiger partial charge in [0.1, 0.15) is 5.82 Å². The van der Waals surface area contributed by atoms with E-state index in [9.17, 15) is 14.0 Å². The van der Waals surface area contributed by atoms with Crippen LogP contribution in [0.5, 0.6) is 0 Å². The lowest BCUT2D eigenvalue weighted by Crippen LogP contribution is -2.46. The zero-order valence-corrected chi connectivity index (χ0v) is 17.7. The molecule has 0 bridgehead atoms. The summed E-state index contributed by atoms with van der Waals surface area (Å²) in [6, 6.07) is 13.7. The summed E-state index contributed by atoms with van der Waals surface area (Å²) in [4.78, 5) is 29.3. The molecule has 1 aliphatic heterocycles. The molecule has 2 amide bonds. The van der Waals surface area contributed by atoms with Crippen LogP contribution in [0.25, 0.3) is 0 Å². The number of piperidine rings is 1. The lowest BCUT2D eigenvalue weighted by Gasteiger charge is -2.32. The second-order valence-corrected chi connectivity index (χ2v) is 7.65. The first kappa shape index (κ1) is 21.8. The van der Waals surface area contributed by atoms with Crippen LogP contribution in [0.4, 0.5) is 10.1 Å². The summed E-state index contributed by atoms with van der Waals surface area (Å²) < 4.78 is 13.8. The smallest absolute Gasteiger partial charge is 0.254 e. The summed E-state index contributed by atoms with van der Waals surface area (Å²) in [5, 5.41) is 2.89. The monoisotopic (exact) mass is 411 g/mol. The predicted molar refractivity (Wildman–Crippen MR) is 117 cm³/mol. The van der Waals surface area contributed by atoms with Crippen LogP contribution < -0.4 is 10.2 Å². The van der Waals surface area contributed by atoms with Crippen molar-refractivity contribution in [1.29, 1.82) is 0 Å². The van der Waals surface area contributed by atoms with E-state index in [4.69, 9.17) is 0 Å². The average Bonchev–Trinajstić information content (AvgIpc) is 2.78. The topological polar surface area (TPSA) is 52.7 Å². The van der Waals surface area contributed by atoms with E-state index in [2.05, 4.69) is 24.1 Å². The van der Waals surface area contributed by atoms with Crippen molar-refractivity contribution in [3.8, 4) is 0 Å². The number of carbonyl (C=O) groups excluding carboxylic acids is 2. The van der Waals surface area contributed by atoms with Gasteiger partial charge in [0.25, 0.3) is 11.8 Å². The van der Waals surface area contributed by atoms with Gasteiger partial charge in [-0.25, -0.2) is 4.39 Å². The maximum atomic E-state index is 13.8. The number of benzene rings is 2. The Morgan fingerprint density at radius 3 is 2.33 bits per heavy atom. The Morgan fingerprint density at radius 1 is 1.07 bits per heavy atom. The number of hydrogen-bond acceptors (Lipinski definition) is 3. The van der Waals surface area contributed by atoms with E-state index >= 15 is 0 Å². The molecule has 3 rings (SSSR count). The van der Waals surface area contributed by atoms with Gasteiger partial charge in [-0.1, -0.05) is 19.1 Å². The van der Waals surface area contributed by atoms with Crippen LogP contribution in [-0.2, 0) is 0 Å². The van der Waals surface area contributed by atoms with Gasteiger partial charge in [-0.05, 0) is 62.6 Å². The molecule has 1 aliphatic rings. The fraction of sp³-hybridized carbons (Fsp3) is 0.417. The SMILES string of the molecule is CCCN(CC)c1ccc(C(=O)N2CCC(NC(=O)c3ccccc3F)CC2)cc1. The molecular formula is C24H30FN3O2. The summed E-state index contributed by atoms with van der Waals surface area (Å²) >= 11 is 0. The minimum absolute atomic E-state index is 0.0129. The molecule has 0 aliphatic carbocycles. The molecule has 1 saturated heterocycles. The molecule has 6 heteroatoms. The summed E-state index contributed by atoms with van der Waals surface area (Å²) in [7, 11) is 0. The van der Waals surface area contributed by atoms with E-state index in [1.165, 1.54) is 12.1 Å². The molecule has 30 heavy (non-hydrogen) atoms. The number of halogens is 1. The minimum Gasteiger partial charge on any atom is -0.372 e. The van der Waals surface area contributed by atoms with Crippen LogP contribution in [0, 0.1) is 5.82 Å². The van der Waals surface area contributed by atoms with E-state index in [1.807, 2.05) is 29.2 Å². The van der Waals surface area contributed by atoms with Crippen LogP contribution in [0.15, 0.2) is 48.5 Å². The van der Waals surface area contributed by atoms with E-state index in [0.29, 0.717) is 31.5 Å². The van der Waals surface area contributed by atoms with Crippen LogP contribution in [0.1, 0.15) is 53.8 Å². The highest BCUT2D eigenvalue weighted by molar-refractivity contribution is 5.95. The summed E-state index contributed by atoms with van der Waals surface area (Å²) in [5.74, 6) is -0.911. The van der Waals surface area contributed by atoms with Crippen LogP contribution in [0.3, 0.4) is 0 Å². The Balaban J connectivity index is 1.54. The van der Waals surface area contributed by atoms with Gasteiger partial charge in [-0.2, -0.15) is 0 Å². The molecule has 160 valence electrons. The Hall–Kier alpha value is -2.89. The molecule has 2 aromatic rings. The molecule has 0 spiro atoms. The highest BCUT2D eigenvalue weighted by Gasteiger charge is 2.25. The molecule has 0 saturated carbocycles. The maximum Gasteiger partial charge on any atom is 0.254 e. The van der Waals surface area contributed by atoms with Gasteiger partial charge in [-0.15, -0.1) is 0 Å². The normalized spacial score (nSPS) is 14.4. The number of carbonyl (C=O) groups is 2. The molecule has 2 aromatic carbocycles. The molecule has 0 aromatic heterocycles. The van der Waals surface area contributed by atoms with Crippen LogP contribution in [-0.4, -0.2) is 48.9 Å². The van der Waals surface area contributed by atoms with Crippen LogP contribution >= 0.6 is 0 Å². The fourth-order valence-electron chi connectivity index (χ4n) is 3.87. The molecule has 1 N–H and O–H groups in total. The number of amides is 2. The fourth-order valence-corrected chi connectivity index (χ4v) is 3.87. The molecule has 5 nitrogen and oxygen atoms in total. The highest BCUT2D eigenvalue weighted by atomic mass is 19.1. The van der Waals surface area contributed by atoms with Gasteiger partial charge in [-0.3, -0.25) is 9.59 Å². The standard InChI is InChI=1S/C24H30FN3O2/c1-3-15-27(4-2)20-11-9-18(10-12-20)24(30)28-16-13-19(14-17-28)26-23(29)21-7-5-6-8-22(21)25/h5-12,19H,3-4,13-17H2,1-2H3,(H,26,29). The zero-order chi connectivity index (χ0) is 21.5. The van der Waals surface area contributed by atoms with Crippen molar-refractivity contribution in [2.24, 2.45) is 0 Å². The number of hydrogen-bond donors (Lipinski definition) is 1. The number of anilines is 1. The van der Waals surface area contributed by atoms with Gasteiger partial charge in [0.2, 0.25) is 0 Å². The molecule has 0 unspecified atom stereocenters. The largest absolute Gasteiger partial charge is 0.372 e. The van der Waals surface area contributed by atoms with Gasteiger partial charge in [0.15, 0.2) is 0 Å². The van der Waals surface area contributed by atoms with Gasteiger partial charge < -0.3 is 15.1 Å². The van der Waals surface area contributed by atoms with Crippen molar-refractivity contribution in [3.63, 3.8) is 0 Å². The highest BCUT2D eigenvalue weighted by Crippen LogP contribution is 2.19. The Morgan fingerprint density at radius 2 is 1.73 bits per heavy atom. The average molecular weight is 412 g/mol. The van der Waals surface area contributed by atoms with E-state index in [1.54, 1.807) is 12.1 Å². The Labute approximate surface area is 177 Å². The zero-order valence-electron chi connectivity index (χ0n) is 17.7. The number of rotatable bonds is 7. The van der Waals surface area contributed by atoms with E-state index in [0.717, 1.165) is 25.2 Å². The quantitative estimate of drug-likeness (QED) is 0.746. The third kappa shape index (κ3) is 5.17. The first-order chi connectivity index (χ1) is 14.5. The second-order valence-electron chi connectivity index (χ2n) is 7.65. The first-order valence-corrected chi connectivity index (χ1v) is 10.7. The Bertz CT molecular complexity index is 861. The van der Waals surface area contributed by atoms with Crippen molar-refractivity contribution in [3.05, 3.63) is 65.5 Å². The first-order valence-electron chi connectivity index (χ1n) is 10.7. The molecular weight excluding hydrogens is 381 g/mol. The number of nitrogens with one attached hydrogen (secondary N) is 1. The van der Waals surface area contributed by atoms with Gasteiger partial charge >= 0.3 is 0 Å². The molecule has 0 radical (unpaired) electrons. The molecule has 1 heterocycles. The third-order valence-corrected chi connectivity index (χ3v) is 5.59. The third-order valence-electron chi connectivity index (χ3n) is 5.59. The number of likely N-dealkylation sites (tertiary alicyclic amines) is 1. The van der Waals surface area contributed by atoms with Crippen molar-refractivity contribution < 1.29 is 14.0 Å². The number of nitrogens with zero attached hydrogens (tertiary/aromatic N) is 2.